The van der Waals surface area contributed by atoms with Crippen molar-refractivity contribution in [2.75, 3.05) is 0 Å². The highest BCUT2D eigenvalue weighted by Gasteiger charge is 2.15. The smallest absolute Gasteiger partial charge is 0.105 e. The second-order valence-corrected chi connectivity index (χ2v) is 4.73. The highest BCUT2D eigenvalue weighted by Crippen LogP contribution is 2.23. The maximum absolute atomic E-state index is 5.57. The molecule has 1 N–H and O–H groups in total. The largest absolute Gasteiger partial charge is 0.466 e. The number of pyridine rings is 1. The van der Waals surface area contributed by atoms with E-state index in [4.69, 9.17) is 4.42 Å². The Labute approximate surface area is 108 Å². The van der Waals surface area contributed by atoms with E-state index >= 15 is 0 Å². The maximum atomic E-state index is 5.57. The molecule has 0 aliphatic heterocycles. The van der Waals surface area contributed by atoms with Crippen molar-refractivity contribution in [1.29, 1.82) is 0 Å². The molecule has 0 saturated heterocycles. The molecule has 18 heavy (non-hydrogen) atoms. The summed E-state index contributed by atoms with van der Waals surface area (Å²) < 4.78 is 5.57. The van der Waals surface area contributed by atoms with Gasteiger partial charge in [0.05, 0.1) is 5.69 Å². The zero-order valence-electron chi connectivity index (χ0n) is 11.4. The van der Waals surface area contributed by atoms with Crippen LogP contribution in [-0.2, 0) is 0 Å². The molecule has 0 aliphatic carbocycles. The summed E-state index contributed by atoms with van der Waals surface area (Å²) in [4.78, 5) is 4.37. The van der Waals surface area contributed by atoms with Crippen LogP contribution in [-0.4, -0.2) is 4.98 Å². The minimum atomic E-state index is 0.218. The number of rotatable bonds is 4. The van der Waals surface area contributed by atoms with Gasteiger partial charge < -0.3 is 9.73 Å². The summed E-state index contributed by atoms with van der Waals surface area (Å²) in [5, 5.41) is 3.54. The quantitative estimate of drug-likeness (QED) is 0.891. The first kappa shape index (κ1) is 12.8. The van der Waals surface area contributed by atoms with E-state index in [2.05, 4.69) is 30.2 Å². The summed E-state index contributed by atoms with van der Waals surface area (Å²) >= 11 is 0. The van der Waals surface area contributed by atoms with Crippen molar-refractivity contribution in [1.82, 2.24) is 10.3 Å². The number of nitrogens with one attached hydrogen (secondary N) is 1. The Morgan fingerprint density at radius 2 is 1.94 bits per heavy atom. The number of nitrogens with zero attached hydrogens (tertiary/aromatic N) is 1. The number of aryl methyl sites for hydroxylation is 2. The van der Waals surface area contributed by atoms with Crippen LogP contribution < -0.4 is 5.32 Å². The molecule has 0 fully saturated rings. The van der Waals surface area contributed by atoms with Crippen LogP contribution in [0.2, 0.25) is 0 Å². The standard InChI is InChI=1S/C15H20N2O/c1-10-9-14(13(4)18-10)11(2)17-12(3)15-7-5-6-8-16-15/h5-9,11-12,17H,1-4H3/t11?,12-/m1/s1. The molecule has 2 aromatic heterocycles. The van der Waals surface area contributed by atoms with E-state index in [1.165, 1.54) is 5.56 Å². The summed E-state index contributed by atoms with van der Waals surface area (Å²) in [5.41, 5.74) is 2.28. The van der Waals surface area contributed by atoms with E-state index in [-0.39, 0.29) is 12.1 Å². The first-order chi connectivity index (χ1) is 8.58. The molecule has 0 aromatic carbocycles. The first-order valence-corrected chi connectivity index (χ1v) is 6.32. The third-order valence-electron chi connectivity index (χ3n) is 3.18. The van der Waals surface area contributed by atoms with Gasteiger partial charge in [-0.05, 0) is 45.9 Å². The molecule has 2 aromatic rings. The maximum Gasteiger partial charge on any atom is 0.105 e. The van der Waals surface area contributed by atoms with Gasteiger partial charge in [-0.3, -0.25) is 4.98 Å². The third kappa shape index (κ3) is 2.79. The average Bonchev–Trinajstić information content (AvgIpc) is 2.69. The second-order valence-electron chi connectivity index (χ2n) is 4.73. The molecule has 0 saturated carbocycles. The molecule has 0 bridgehead atoms. The molecule has 0 spiro atoms. The monoisotopic (exact) mass is 244 g/mol. The van der Waals surface area contributed by atoms with Crippen molar-refractivity contribution < 1.29 is 4.42 Å². The third-order valence-corrected chi connectivity index (χ3v) is 3.18. The van der Waals surface area contributed by atoms with Crippen LogP contribution in [0, 0.1) is 13.8 Å². The number of furan rings is 1. The fraction of sp³-hybridized carbons (Fsp3) is 0.400. The van der Waals surface area contributed by atoms with E-state index < -0.39 is 0 Å². The lowest BCUT2D eigenvalue weighted by Gasteiger charge is -2.19. The van der Waals surface area contributed by atoms with Gasteiger partial charge in [-0.2, -0.15) is 0 Å². The number of hydrogen-bond acceptors (Lipinski definition) is 3. The van der Waals surface area contributed by atoms with Gasteiger partial charge in [-0.1, -0.05) is 6.07 Å². The zero-order chi connectivity index (χ0) is 13.1. The molecule has 96 valence electrons. The lowest BCUT2D eigenvalue weighted by atomic mass is 10.1. The highest BCUT2D eigenvalue weighted by molar-refractivity contribution is 5.24. The second kappa shape index (κ2) is 5.36. The molecule has 0 amide bonds. The zero-order valence-corrected chi connectivity index (χ0v) is 11.4. The Hall–Kier alpha value is -1.61. The molecule has 2 atom stereocenters. The molecular formula is C15H20N2O. The van der Waals surface area contributed by atoms with Crippen molar-refractivity contribution >= 4 is 0 Å². The highest BCUT2D eigenvalue weighted by atomic mass is 16.3. The van der Waals surface area contributed by atoms with Crippen LogP contribution in [0.4, 0.5) is 0 Å². The predicted octanol–water partition coefficient (Wildman–Crippen LogP) is 3.70. The average molecular weight is 244 g/mol. The minimum absolute atomic E-state index is 0.218. The van der Waals surface area contributed by atoms with Crippen molar-refractivity contribution in [3.05, 3.63) is 53.2 Å². The molecule has 2 heterocycles. The van der Waals surface area contributed by atoms with Crippen LogP contribution in [0.15, 0.2) is 34.9 Å². The Morgan fingerprint density at radius 3 is 2.50 bits per heavy atom. The summed E-state index contributed by atoms with van der Waals surface area (Å²) in [7, 11) is 0. The van der Waals surface area contributed by atoms with Crippen LogP contribution in [0.5, 0.6) is 0 Å². The van der Waals surface area contributed by atoms with Gasteiger partial charge in [0, 0.05) is 23.8 Å². The fourth-order valence-electron chi connectivity index (χ4n) is 2.26. The van der Waals surface area contributed by atoms with Crippen molar-refractivity contribution in [3.8, 4) is 0 Å². The molecule has 0 radical (unpaired) electrons. The van der Waals surface area contributed by atoms with Gasteiger partial charge in [0.2, 0.25) is 0 Å². The Bertz CT molecular complexity index is 504. The SMILES string of the molecule is Cc1cc(C(C)N[C@H](C)c2ccccn2)c(C)o1. The van der Waals surface area contributed by atoms with Crippen LogP contribution in [0.25, 0.3) is 0 Å². The predicted molar refractivity (Wildman–Crippen MR) is 72.4 cm³/mol. The summed E-state index contributed by atoms with van der Waals surface area (Å²) in [6.07, 6.45) is 1.82. The fourth-order valence-corrected chi connectivity index (χ4v) is 2.26. The van der Waals surface area contributed by atoms with Crippen molar-refractivity contribution in [3.63, 3.8) is 0 Å². The number of hydrogen-bond donors (Lipinski definition) is 1. The molecule has 3 nitrogen and oxygen atoms in total. The van der Waals surface area contributed by atoms with Crippen molar-refractivity contribution in [2.24, 2.45) is 0 Å². The van der Waals surface area contributed by atoms with Gasteiger partial charge in [-0.25, -0.2) is 0 Å². The Morgan fingerprint density at radius 1 is 1.17 bits per heavy atom. The Kier molecular flexibility index (Phi) is 3.82. The summed E-state index contributed by atoms with van der Waals surface area (Å²) in [6, 6.07) is 8.55. The lowest BCUT2D eigenvalue weighted by Crippen LogP contribution is -2.23. The van der Waals surface area contributed by atoms with E-state index in [0.717, 1.165) is 17.2 Å². The first-order valence-electron chi connectivity index (χ1n) is 6.32. The minimum Gasteiger partial charge on any atom is -0.466 e. The summed E-state index contributed by atoms with van der Waals surface area (Å²) in [5.74, 6) is 1.95. The van der Waals surface area contributed by atoms with Crippen LogP contribution >= 0.6 is 0 Å². The van der Waals surface area contributed by atoms with Gasteiger partial charge in [-0.15, -0.1) is 0 Å². The molecule has 2 rings (SSSR count). The van der Waals surface area contributed by atoms with E-state index in [0.29, 0.717) is 0 Å². The normalized spacial score (nSPS) is 14.4. The Balaban J connectivity index is 2.08. The van der Waals surface area contributed by atoms with Gasteiger partial charge >= 0.3 is 0 Å². The van der Waals surface area contributed by atoms with E-state index in [1.807, 2.05) is 38.2 Å². The van der Waals surface area contributed by atoms with Crippen LogP contribution in [0.1, 0.15) is 48.7 Å². The van der Waals surface area contributed by atoms with Gasteiger partial charge in [0.1, 0.15) is 11.5 Å². The molecular weight excluding hydrogens is 224 g/mol. The summed E-state index contributed by atoms with van der Waals surface area (Å²) in [6.45, 7) is 8.26. The van der Waals surface area contributed by atoms with Crippen molar-refractivity contribution in [2.45, 2.75) is 39.8 Å². The molecule has 1 unspecified atom stereocenters. The lowest BCUT2D eigenvalue weighted by molar-refractivity contribution is 0.464. The molecule has 3 heteroatoms. The van der Waals surface area contributed by atoms with Gasteiger partial charge in [0.15, 0.2) is 0 Å². The van der Waals surface area contributed by atoms with Crippen LogP contribution in [0.3, 0.4) is 0 Å². The molecule has 0 aliphatic rings. The van der Waals surface area contributed by atoms with E-state index in [9.17, 15) is 0 Å². The van der Waals surface area contributed by atoms with E-state index in [1.54, 1.807) is 0 Å². The number of aromatic nitrogens is 1. The topological polar surface area (TPSA) is 38.1 Å². The van der Waals surface area contributed by atoms with Gasteiger partial charge in [0.25, 0.3) is 0 Å².